The van der Waals surface area contributed by atoms with Crippen molar-refractivity contribution in [3.8, 4) is 22.9 Å². The number of oxazole rings is 1. The van der Waals surface area contributed by atoms with Gasteiger partial charge < -0.3 is 14.1 Å². The molecule has 2 aromatic heterocycles. The molecule has 4 aromatic rings. The summed E-state index contributed by atoms with van der Waals surface area (Å²) in [5.74, 6) is 0.895. The molecule has 0 atom stereocenters. The van der Waals surface area contributed by atoms with Crippen molar-refractivity contribution in [2.45, 2.75) is 26.2 Å². The van der Waals surface area contributed by atoms with Crippen LogP contribution in [0.4, 0.5) is 5.69 Å². The highest BCUT2D eigenvalue weighted by molar-refractivity contribution is 7.92. The van der Waals surface area contributed by atoms with Crippen LogP contribution in [0.1, 0.15) is 37.5 Å². The normalized spacial score (nSPS) is 12.1. The van der Waals surface area contributed by atoms with Crippen molar-refractivity contribution in [3.63, 3.8) is 0 Å². The fourth-order valence-corrected chi connectivity index (χ4v) is 4.60. The van der Waals surface area contributed by atoms with Crippen molar-refractivity contribution in [2.75, 3.05) is 18.1 Å². The maximum absolute atomic E-state index is 12.6. The van der Waals surface area contributed by atoms with Gasteiger partial charge in [0.1, 0.15) is 12.0 Å². The van der Waals surface area contributed by atoms with Crippen molar-refractivity contribution in [1.82, 2.24) is 14.5 Å². The maximum Gasteiger partial charge on any atom is 0.332 e. The van der Waals surface area contributed by atoms with Crippen LogP contribution in [0.5, 0.6) is 5.75 Å². The number of anilines is 1. The van der Waals surface area contributed by atoms with Crippen molar-refractivity contribution < 1.29 is 17.6 Å². The van der Waals surface area contributed by atoms with E-state index in [2.05, 4.69) is 14.7 Å². The highest BCUT2D eigenvalue weighted by atomic mass is 32.2. The standard InChI is InChI=1S/C27H28N4O6S/c1-27(2,3)22-16-20(31-23(32)10-11-29-26(31)33)14-18(24(22)36-4)7-6-17-8-9-19(30-38(5,34)35)15-21(17)25-28-12-13-37-25/h6-16,30H,1-5H3,(H,29,33). The molecule has 0 aliphatic rings. The first-order chi connectivity index (χ1) is 17.9. The number of H-pyrrole nitrogens is 1. The van der Waals surface area contributed by atoms with Crippen LogP contribution in [0.25, 0.3) is 29.3 Å². The van der Waals surface area contributed by atoms with E-state index >= 15 is 0 Å². The Morgan fingerprint density at radius 3 is 2.42 bits per heavy atom. The van der Waals surface area contributed by atoms with E-state index in [0.717, 1.165) is 16.4 Å². The Labute approximate surface area is 219 Å². The minimum atomic E-state index is -3.49. The second kappa shape index (κ2) is 10.2. The molecule has 0 saturated heterocycles. The van der Waals surface area contributed by atoms with Gasteiger partial charge in [-0.3, -0.25) is 9.52 Å². The van der Waals surface area contributed by atoms with Crippen LogP contribution in [0.15, 0.2) is 69.1 Å². The van der Waals surface area contributed by atoms with Gasteiger partial charge in [0.05, 0.1) is 25.2 Å². The maximum atomic E-state index is 12.6. The van der Waals surface area contributed by atoms with E-state index < -0.39 is 21.3 Å². The van der Waals surface area contributed by atoms with Gasteiger partial charge in [-0.2, -0.15) is 0 Å². The fraction of sp³-hybridized carbons (Fsp3) is 0.222. The van der Waals surface area contributed by atoms with Gasteiger partial charge in [0.15, 0.2) is 0 Å². The molecule has 0 aliphatic heterocycles. The van der Waals surface area contributed by atoms with Gasteiger partial charge in [-0.1, -0.05) is 39.0 Å². The minimum Gasteiger partial charge on any atom is -0.496 e. The average molecular weight is 537 g/mol. The van der Waals surface area contributed by atoms with Crippen LogP contribution < -0.4 is 20.7 Å². The number of benzene rings is 2. The van der Waals surface area contributed by atoms with E-state index in [1.54, 1.807) is 49.6 Å². The Morgan fingerprint density at radius 1 is 1.08 bits per heavy atom. The molecular weight excluding hydrogens is 508 g/mol. The Balaban J connectivity index is 1.91. The number of methoxy groups -OCH3 is 1. The highest BCUT2D eigenvalue weighted by Crippen LogP contribution is 2.37. The van der Waals surface area contributed by atoms with Crippen molar-refractivity contribution >= 4 is 27.9 Å². The predicted octanol–water partition coefficient (Wildman–Crippen LogP) is 4.03. The molecule has 2 N–H and O–H groups in total. The van der Waals surface area contributed by atoms with Crippen molar-refractivity contribution in [1.29, 1.82) is 0 Å². The van der Waals surface area contributed by atoms with Crippen LogP contribution >= 0.6 is 0 Å². The number of sulfonamides is 1. The lowest BCUT2D eigenvalue weighted by molar-refractivity contribution is 0.396. The molecule has 198 valence electrons. The third kappa shape index (κ3) is 5.78. The Bertz CT molecular complexity index is 1700. The summed E-state index contributed by atoms with van der Waals surface area (Å²) in [7, 11) is -1.93. The summed E-state index contributed by atoms with van der Waals surface area (Å²) in [6, 6.07) is 9.75. The van der Waals surface area contributed by atoms with Crippen molar-refractivity contribution in [2.24, 2.45) is 0 Å². The molecule has 10 nitrogen and oxygen atoms in total. The lowest BCUT2D eigenvalue weighted by atomic mass is 9.84. The number of nitrogens with one attached hydrogen (secondary N) is 2. The molecule has 0 aliphatic carbocycles. The molecule has 0 amide bonds. The van der Waals surface area contributed by atoms with Gasteiger partial charge in [0, 0.05) is 34.6 Å². The minimum absolute atomic E-state index is 0.306. The lowest BCUT2D eigenvalue weighted by Gasteiger charge is -2.24. The average Bonchev–Trinajstić information content (AvgIpc) is 3.36. The van der Waals surface area contributed by atoms with E-state index in [9.17, 15) is 18.0 Å². The van der Waals surface area contributed by atoms with Crippen LogP contribution in [-0.2, 0) is 15.4 Å². The highest BCUT2D eigenvalue weighted by Gasteiger charge is 2.23. The van der Waals surface area contributed by atoms with E-state index in [0.29, 0.717) is 39.7 Å². The quantitative estimate of drug-likeness (QED) is 0.340. The van der Waals surface area contributed by atoms with Crippen LogP contribution in [-0.4, -0.2) is 36.3 Å². The Morgan fingerprint density at radius 2 is 1.82 bits per heavy atom. The molecule has 2 heterocycles. The van der Waals surface area contributed by atoms with Gasteiger partial charge in [-0.25, -0.2) is 22.8 Å². The fourth-order valence-electron chi connectivity index (χ4n) is 4.04. The molecule has 0 spiro atoms. The smallest absolute Gasteiger partial charge is 0.332 e. The Kier molecular flexibility index (Phi) is 7.14. The predicted molar refractivity (Wildman–Crippen MR) is 147 cm³/mol. The number of nitrogens with zero attached hydrogens (tertiary/aromatic N) is 2. The molecule has 0 saturated carbocycles. The van der Waals surface area contributed by atoms with Gasteiger partial charge in [0.25, 0.3) is 5.56 Å². The molecule has 0 bridgehead atoms. The number of aromatic nitrogens is 3. The van der Waals surface area contributed by atoms with E-state index in [1.807, 2.05) is 20.8 Å². The number of hydrogen-bond acceptors (Lipinski definition) is 7. The van der Waals surface area contributed by atoms with Crippen molar-refractivity contribution in [3.05, 3.63) is 92.6 Å². The van der Waals surface area contributed by atoms with Crippen LogP contribution in [0.3, 0.4) is 0 Å². The molecule has 4 rings (SSSR count). The van der Waals surface area contributed by atoms with Gasteiger partial charge >= 0.3 is 5.69 Å². The summed E-state index contributed by atoms with van der Waals surface area (Å²) in [5, 5.41) is 0. The van der Waals surface area contributed by atoms with E-state index in [4.69, 9.17) is 9.15 Å². The third-order valence-electron chi connectivity index (χ3n) is 5.69. The van der Waals surface area contributed by atoms with Crippen LogP contribution in [0, 0.1) is 0 Å². The van der Waals surface area contributed by atoms with E-state index in [1.165, 1.54) is 24.7 Å². The summed E-state index contributed by atoms with van der Waals surface area (Å²) in [6.07, 6.45) is 8.90. The molecule has 38 heavy (non-hydrogen) atoms. The van der Waals surface area contributed by atoms with Gasteiger partial charge in [-0.15, -0.1) is 0 Å². The first-order valence-corrected chi connectivity index (χ1v) is 13.5. The van der Waals surface area contributed by atoms with Gasteiger partial charge in [-0.05, 0) is 35.2 Å². The largest absolute Gasteiger partial charge is 0.496 e. The van der Waals surface area contributed by atoms with Crippen LogP contribution in [0.2, 0.25) is 0 Å². The molecule has 2 aromatic carbocycles. The summed E-state index contributed by atoms with van der Waals surface area (Å²) in [6.45, 7) is 6.02. The SMILES string of the molecule is COc1c(C=Cc2ccc(NS(C)(=O)=O)cc2-c2ncco2)cc(-n2c(=O)cc[nH]c2=O)cc1C(C)(C)C. The first kappa shape index (κ1) is 26.7. The zero-order chi connectivity index (χ0) is 27.7. The topological polar surface area (TPSA) is 136 Å². The summed E-state index contributed by atoms with van der Waals surface area (Å²) in [5.41, 5.74) is 2.02. The monoisotopic (exact) mass is 536 g/mol. The summed E-state index contributed by atoms with van der Waals surface area (Å²) < 4.78 is 38.3. The molecule has 0 fully saturated rings. The Hall–Kier alpha value is -4.38. The zero-order valence-electron chi connectivity index (χ0n) is 21.6. The molecule has 11 heteroatoms. The second-order valence-electron chi connectivity index (χ2n) is 9.67. The first-order valence-electron chi connectivity index (χ1n) is 11.6. The summed E-state index contributed by atoms with van der Waals surface area (Å²) in [4.78, 5) is 31.9. The lowest BCUT2D eigenvalue weighted by Crippen LogP contribution is -2.32. The van der Waals surface area contributed by atoms with Gasteiger partial charge in [0.2, 0.25) is 15.9 Å². The number of hydrogen-bond donors (Lipinski definition) is 2. The summed E-state index contributed by atoms with van der Waals surface area (Å²) >= 11 is 0. The van der Waals surface area contributed by atoms with E-state index in [-0.39, 0.29) is 5.41 Å². The number of ether oxygens (including phenoxy) is 1. The zero-order valence-corrected chi connectivity index (χ0v) is 22.4. The molecule has 0 unspecified atom stereocenters. The third-order valence-corrected chi connectivity index (χ3v) is 6.30. The second-order valence-corrected chi connectivity index (χ2v) is 11.4. The number of aromatic amines is 1. The number of rotatable bonds is 7. The molecular formula is C27H28N4O6S. The molecule has 0 radical (unpaired) electrons.